The van der Waals surface area contributed by atoms with E-state index in [0.717, 1.165) is 0 Å². The van der Waals surface area contributed by atoms with Crippen LogP contribution in [-0.2, 0) is 13.0 Å². The zero-order chi connectivity index (χ0) is 9.42. The molecule has 0 radical (unpaired) electrons. The molecule has 2 rings (SSSR count). The van der Waals surface area contributed by atoms with Crippen molar-refractivity contribution in [3.8, 4) is 0 Å². The van der Waals surface area contributed by atoms with Crippen LogP contribution in [-0.4, -0.2) is 27.8 Å². The summed E-state index contributed by atoms with van der Waals surface area (Å²) in [5.41, 5.74) is 0.317. The average Bonchev–Trinajstić information content (AvgIpc) is 2.47. The molecular formula is C7H8N2O4. The molecule has 0 fully saturated rings. The summed E-state index contributed by atoms with van der Waals surface area (Å²) in [6, 6.07) is 0. The molecule has 70 valence electrons. The summed E-state index contributed by atoms with van der Waals surface area (Å²) >= 11 is 0. The molecule has 0 atom stereocenters. The van der Waals surface area contributed by atoms with Gasteiger partial charge in [-0.25, -0.2) is 4.79 Å². The summed E-state index contributed by atoms with van der Waals surface area (Å²) in [5.74, 6) is 0.429. The van der Waals surface area contributed by atoms with Crippen LogP contribution < -0.4 is 5.56 Å². The number of carbonyl (C=O) groups is 1. The zero-order valence-corrected chi connectivity index (χ0v) is 6.74. The van der Waals surface area contributed by atoms with Crippen LogP contribution in [0, 0.1) is 0 Å². The van der Waals surface area contributed by atoms with Crippen LogP contribution in [0.1, 0.15) is 11.3 Å². The zero-order valence-electron chi connectivity index (χ0n) is 6.74. The van der Waals surface area contributed by atoms with Crippen molar-refractivity contribution in [1.82, 2.24) is 10.1 Å². The van der Waals surface area contributed by atoms with Gasteiger partial charge in [-0.15, -0.1) is 0 Å². The van der Waals surface area contributed by atoms with Gasteiger partial charge in [0.2, 0.25) is 0 Å². The lowest BCUT2D eigenvalue weighted by molar-refractivity contribution is 0.133. The van der Waals surface area contributed by atoms with E-state index in [1.807, 2.05) is 0 Å². The monoisotopic (exact) mass is 184 g/mol. The Kier molecular flexibility index (Phi) is 1.61. The Labute approximate surface area is 72.7 Å². The Morgan fingerprint density at radius 2 is 2.38 bits per heavy atom. The van der Waals surface area contributed by atoms with Crippen molar-refractivity contribution < 1.29 is 14.4 Å². The Hall–Kier alpha value is -1.72. The second kappa shape index (κ2) is 2.65. The quantitative estimate of drug-likeness (QED) is 0.594. The lowest BCUT2D eigenvalue weighted by atomic mass is 10.1. The highest BCUT2D eigenvalue weighted by Crippen LogP contribution is 2.14. The third-order valence-electron chi connectivity index (χ3n) is 2.11. The Balaban J connectivity index is 2.30. The van der Waals surface area contributed by atoms with Gasteiger partial charge < -0.3 is 14.5 Å². The number of hydrogen-bond acceptors (Lipinski definition) is 3. The minimum atomic E-state index is -0.991. The number of nitrogens with one attached hydrogen (secondary N) is 1. The van der Waals surface area contributed by atoms with Gasteiger partial charge in [-0.1, -0.05) is 0 Å². The number of aromatic amines is 1. The fourth-order valence-electron chi connectivity index (χ4n) is 1.40. The van der Waals surface area contributed by atoms with Gasteiger partial charge in [0.05, 0.1) is 12.1 Å². The highest BCUT2D eigenvalue weighted by molar-refractivity contribution is 5.65. The summed E-state index contributed by atoms with van der Waals surface area (Å²) in [4.78, 5) is 22.8. The predicted molar refractivity (Wildman–Crippen MR) is 41.5 cm³/mol. The van der Waals surface area contributed by atoms with E-state index < -0.39 is 6.09 Å². The molecule has 0 saturated heterocycles. The molecule has 6 heteroatoms. The molecule has 1 aliphatic heterocycles. The van der Waals surface area contributed by atoms with Crippen LogP contribution in [0.3, 0.4) is 0 Å². The lowest BCUT2D eigenvalue weighted by Crippen LogP contribution is -2.35. The molecule has 13 heavy (non-hydrogen) atoms. The largest absolute Gasteiger partial charge is 0.465 e. The van der Waals surface area contributed by atoms with E-state index in [4.69, 9.17) is 9.63 Å². The molecule has 1 aromatic rings. The maximum Gasteiger partial charge on any atom is 0.407 e. The van der Waals surface area contributed by atoms with E-state index in [1.54, 1.807) is 0 Å². The van der Waals surface area contributed by atoms with Gasteiger partial charge in [-0.3, -0.25) is 4.79 Å². The summed E-state index contributed by atoms with van der Waals surface area (Å²) in [6.07, 6.45) is -0.567. The Morgan fingerprint density at radius 1 is 1.62 bits per heavy atom. The number of carboxylic acid groups (broad SMARTS) is 1. The highest BCUT2D eigenvalue weighted by atomic mass is 16.5. The molecule has 0 aliphatic carbocycles. The first kappa shape index (κ1) is 7.90. The topological polar surface area (TPSA) is 86.5 Å². The van der Waals surface area contributed by atoms with E-state index in [9.17, 15) is 9.59 Å². The van der Waals surface area contributed by atoms with Gasteiger partial charge in [-0.2, -0.15) is 5.16 Å². The molecule has 2 heterocycles. The molecular weight excluding hydrogens is 176 g/mol. The van der Waals surface area contributed by atoms with Gasteiger partial charge >= 0.3 is 6.09 Å². The van der Waals surface area contributed by atoms with E-state index in [2.05, 4.69) is 5.16 Å². The number of aromatic nitrogens is 1. The van der Waals surface area contributed by atoms with Crippen molar-refractivity contribution in [3.05, 3.63) is 21.7 Å². The second-order valence-electron chi connectivity index (χ2n) is 2.89. The summed E-state index contributed by atoms with van der Waals surface area (Å²) in [7, 11) is 0. The van der Waals surface area contributed by atoms with Crippen molar-refractivity contribution in [2.24, 2.45) is 0 Å². The minimum absolute atomic E-state index is 0.156. The van der Waals surface area contributed by atoms with Gasteiger partial charge in [0, 0.05) is 6.54 Å². The molecule has 1 amide bonds. The van der Waals surface area contributed by atoms with Crippen molar-refractivity contribution in [2.75, 3.05) is 6.54 Å². The van der Waals surface area contributed by atoms with Crippen molar-refractivity contribution in [3.63, 3.8) is 0 Å². The van der Waals surface area contributed by atoms with E-state index in [-0.39, 0.29) is 12.1 Å². The molecule has 0 spiro atoms. The number of nitrogens with zero attached hydrogens (tertiary/aromatic N) is 1. The second-order valence-corrected chi connectivity index (χ2v) is 2.89. The van der Waals surface area contributed by atoms with Crippen LogP contribution in [0.2, 0.25) is 0 Å². The number of fused-ring (bicyclic) bond motifs is 1. The third kappa shape index (κ3) is 1.20. The fourth-order valence-corrected chi connectivity index (χ4v) is 1.40. The van der Waals surface area contributed by atoms with Crippen LogP contribution >= 0.6 is 0 Å². The van der Waals surface area contributed by atoms with E-state index in [1.165, 1.54) is 4.90 Å². The molecule has 0 saturated carbocycles. The fraction of sp³-hybridized carbons (Fsp3) is 0.429. The molecule has 1 aliphatic rings. The van der Waals surface area contributed by atoms with Gasteiger partial charge in [-0.05, 0) is 6.42 Å². The molecule has 0 unspecified atom stereocenters. The smallest absolute Gasteiger partial charge is 0.407 e. The summed E-state index contributed by atoms with van der Waals surface area (Å²) < 4.78 is 4.82. The standard InChI is InChI=1S/C7H8N2O4/c10-6-4-1-2-9(7(11)12)3-5(4)13-8-6/h1-3H2,(H,8,10)(H,11,12). The maximum atomic E-state index is 11.0. The number of rotatable bonds is 0. The normalized spacial score (nSPS) is 15.5. The minimum Gasteiger partial charge on any atom is -0.465 e. The van der Waals surface area contributed by atoms with Crippen LogP contribution in [0.5, 0.6) is 0 Å². The maximum absolute atomic E-state index is 11.0. The Bertz CT molecular complexity index is 391. The summed E-state index contributed by atoms with van der Waals surface area (Å²) in [6.45, 7) is 0.508. The average molecular weight is 184 g/mol. The Morgan fingerprint density at radius 3 is 3.08 bits per heavy atom. The first-order chi connectivity index (χ1) is 6.18. The van der Waals surface area contributed by atoms with E-state index >= 15 is 0 Å². The van der Waals surface area contributed by atoms with Gasteiger partial charge in [0.25, 0.3) is 5.56 Å². The number of hydrogen-bond donors (Lipinski definition) is 2. The van der Waals surface area contributed by atoms with Gasteiger partial charge in [0.15, 0.2) is 5.76 Å². The van der Waals surface area contributed by atoms with Crippen LogP contribution in [0.4, 0.5) is 4.79 Å². The van der Waals surface area contributed by atoms with E-state index in [0.29, 0.717) is 24.3 Å². The van der Waals surface area contributed by atoms with Crippen LogP contribution in [0.15, 0.2) is 9.32 Å². The SMILES string of the molecule is O=C(O)N1CCc2c(o[nH]c2=O)C1. The molecule has 1 aromatic heterocycles. The molecule has 6 nitrogen and oxygen atoms in total. The van der Waals surface area contributed by atoms with Crippen LogP contribution in [0.25, 0.3) is 0 Å². The summed E-state index contributed by atoms with van der Waals surface area (Å²) in [5, 5.41) is 10.9. The molecule has 0 aromatic carbocycles. The first-order valence-corrected chi connectivity index (χ1v) is 3.85. The third-order valence-corrected chi connectivity index (χ3v) is 2.11. The van der Waals surface area contributed by atoms with Gasteiger partial charge in [0.1, 0.15) is 0 Å². The molecule has 0 bridgehead atoms. The van der Waals surface area contributed by atoms with Crippen molar-refractivity contribution >= 4 is 6.09 Å². The number of H-pyrrole nitrogens is 1. The lowest BCUT2D eigenvalue weighted by Gasteiger charge is -2.21. The predicted octanol–water partition coefficient (Wildman–Crippen LogP) is 0.00400. The highest BCUT2D eigenvalue weighted by Gasteiger charge is 2.24. The molecule has 2 N–H and O–H groups in total. The first-order valence-electron chi connectivity index (χ1n) is 3.85. The van der Waals surface area contributed by atoms with Crippen molar-refractivity contribution in [2.45, 2.75) is 13.0 Å². The number of amides is 1. The van der Waals surface area contributed by atoms with Crippen molar-refractivity contribution in [1.29, 1.82) is 0 Å².